The quantitative estimate of drug-likeness (QED) is 0.535. The summed E-state index contributed by atoms with van der Waals surface area (Å²) in [6.45, 7) is 3.43. The molecule has 0 bridgehead atoms. The van der Waals surface area contributed by atoms with Gasteiger partial charge in [0.15, 0.2) is 0 Å². The fourth-order valence-electron chi connectivity index (χ4n) is 4.90. The number of benzene rings is 3. The summed E-state index contributed by atoms with van der Waals surface area (Å²) in [6, 6.07) is 21.7. The van der Waals surface area contributed by atoms with E-state index in [4.69, 9.17) is 0 Å². The maximum atomic E-state index is 13.4. The maximum absolute atomic E-state index is 13.4. The van der Waals surface area contributed by atoms with E-state index in [2.05, 4.69) is 5.32 Å². The predicted molar refractivity (Wildman–Crippen MR) is 133 cm³/mol. The molecule has 35 heavy (non-hydrogen) atoms. The number of carbonyl (C=O) groups excluding carboxylic acids is 2. The first kappa shape index (κ1) is 23.5. The second-order valence-electron chi connectivity index (χ2n) is 8.96. The van der Waals surface area contributed by atoms with Gasteiger partial charge in [-0.05, 0) is 34.9 Å². The topological polar surface area (TPSA) is 90.0 Å². The number of amides is 3. The van der Waals surface area contributed by atoms with E-state index in [0.717, 1.165) is 16.3 Å². The highest BCUT2D eigenvalue weighted by Gasteiger charge is 2.51. The Morgan fingerprint density at radius 2 is 1.51 bits per heavy atom. The molecule has 3 aromatic rings. The lowest BCUT2D eigenvalue weighted by atomic mass is 9.87. The van der Waals surface area contributed by atoms with E-state index >= 15 is 0 Å². The number of nitrogens with one attached hydrogen (secondary N) is 1. The minimum absolute atomic E-state index is 0.128. The Morgan fingerprint density at radius 1 is 0.857 bits per heavy atom. The fraction of sp³-hybridized carbons (Fsp3) is 0.308. The zero-order valence-corrected chi connectivity index (χ0v) is 20.4. The molecule has 5 rings (SSSR count). The standard InChI is InChI=1S/C26H28N4O4S/c1-2-26(22-10-4-3-5-11-22)24(31)30(25(32)27-26)19-28-14-16-29(17-15-28)35(33,34)23-13-12-20-8-6-7-9-21(20)18-23/h3-13,18H,2,14-17,19H2,1H3,(H,27,32)/t26-/m0/s1. The summed E-state index contributed by atoms with van der Waals surface area (Å²) in [5, 5.41) is 4.76. The Hall–Kier alpha value is -3.27. The van der Waals surface area contributed by atoms with Gasteiger partial charge in [-0.3, -0.25) is 9.69 Å². The van der Waals surface area contributed by atoms with Crippen molar-refractivity contribution in [1.29, 1.82) is 0 Å². The Kier molecular flexibility index (Phi) is 6.08. The van der Waals surface area contributed by atoms with Gasteiger partial charge < -0.3 is 5.32 Å². The van der Waals surface area contributed by atoms with E-state index in [1.54, 1.807) is 12.1 Å². The van der Waals surface area contributed by atoms with Crippen LogP contribution in [0.4, 0.5) is 4.79 Å². The average Bonchev–Trinajstić information content (AvgIpc) is 3.14. The van der Waals surface area contributed by atoms with Crippen molar-refractivity contribution < 1.29 is 18.0 Å². The second-order valence-corrected chi connectivity index (χ2v) is 10.9. The summed E-state index contributed by atoms with van der Waals surface area (Å²) in [5.41, 5.74) is -0.311. The average molecular weight is 493 g/mol. The lowest BCUT2D eigenvalue weighted by Gasteiger charge is -2.35. The Labute approximate surface area is 205 Å². The van der Waals surface area contributed by atoms with Gasteiger partial charge >= 0.3 is 6.03 Å². The summed E-state index contributed by atoms with van der Waals surface area (Å²) < 4.78 is 28.0. The van der Waals surface area contributed by atoms with Crippen molar-refractivity contribution in [3.05, 3.63) is 78.4 Å². The van der Waals surface area contributed by atoms with Gasteiger partial charge in [0.2, 0.25) is 10.0 Å². The van der Waals surface area contributed by atoms with Gasteiger partial charge in [0.1, 0.15) is 5.54 Å². The first-order valence-electron chi connectivity index (χ1n) is 11.8. The number of urea groups is 1. The van der Waals surface area contributed by atoms with Gasteiger partial charge in [-0.15, -0.1) is 0 Å². The molecule has 3 amide bonds. The molecule has 2 fully saturated rings. The molecular weight excluding hydrogens is 464 g/mol. The van der Waals surface area contributed by atoms with E-state index in [0.29, 0.717) is 19.5 Å². The molecule has 1 atom stereocenters. The van der Waals surface area contributed by atoms with Crippen molar-refractivity contribution in [3.8, 4) is 0 Å². The molecule has 2 aliphatic heterocycles. The number of nitrogens with zero attached hydrogens (tertiary/aromatic N) is 3. The molecule has 0 aliphatic carbocycles. The third-order valence-electron chi connectivity index (χ3n) is 7.00. The van der Waals surface area contributed by atoms with Crippen LogP contribution in [-0.2, 0) is 20.4 Å². The second kappa shape index (κ2) is 9.07. The predicted octanol–water partition coefficient (Wildman–Crippen LogP) is 2.96. The molecule has 182 valence electrons. The first-order valence-corrected chi connectivity index (χ1v) is 13.2. The monoisotopic (exact) mass is 492 g/mol. The van der Waals surface area contributed by atoms with Gasteiger partial charge in [-0.1, -0.05) is 67.6 Å². The van der Waals surface area contributed by atoms with Gasteiger partial charge in [0, 0.05) is 26.2 Å². The van der Waals surface area contributed by atoms with E-state index < -0.39 is 21.6 Å². The normalized spacial score (nSPS) is 22.0. The van der Waals surface area contributed by atoms with Gasteiger partial charge in [0.25, 0.3) is 5.91 Å². The van der Waals surface area contributed by atoms with Crippen molar-refractivity contribution in [2.24, 2.45) is 0 Å². The van der Waals surface area contributed by atoms with Gasteiger partial charge in [0.05, 0.1) is 11.6 Å². The molecule has 8 nitrogen and oxygen atoms in total. The number of rotatable bonds is 6. The molecule has 0 saturated carbocycles. The highest BCUT2D eigenvalue weighted by atomic mass is 32.2. The van der Waals surface area contributed by atoms with Crippen LogP contribution in [0.25, 0.3) is 10.8 Å². The Bertz CT molecular complexity index is 1370. The van der Waals surface area contributed by atoms with Crippen LogP contribution >= 0.6 is 0 Å². The third kappa shape index (κ3) is 4.09. The van der Waals surface area contributed by atoms with Crippen molar-refractivity contribution >= 4 is 32.7 Å². The van der Waals surface area contributed by atoms with Crippen LogP contribution in [0.5, 0.6) is 0 Å². The van der Waals surface area contributed by atoms with Crippen LogP contribution in [0.2, 0.25) is 0 Å². The minimum Gasteiger partial charge on any atom is -0.319 e. The molecule has 0 spiro atoms. The minimum atomic E-state index is -3.64. The summed E-state index contributed by atoms with van der Waals surface area (Å²) in [6.07, 6.45) is 0.440. The zero-order chi connectivity index (χ0) is 24.6. The van der Waals surface area contributed by atoms with Crippen molar-refractivity contribution in [2.45, 2.75) is 23.8 Å². The van der Waals surface area contributed by atoms with Crippen LogP contribution < -0.4 is 5.32 Å². The molecule has 2 heterocycles. The summed E-state index contributed by atoms with van der Waals surface area (Å²) >= 11 is 0. The molecule has 3 aromatic carbocycles. The number of carbonyl (C=O) groups is 2. The van der Waals surface area contributed by atoms with Crippen LogP contribution in [-0.4, -0.2) is 67.3 Å². The van der Waals surface area contributed by atoms with Crippen LogP contribution in [0.3, 0.4) is 0 Å². The Balaban J connectivity index is 1.27. The smallest absolute Gasteiger partial charge is 0.319 e. The van der Waals surface area contributed by atoms with Crippen molar-refractivity contribution in [1.82, 2.24) is 19.4 Å². The van der Waals surface area contributed by atoms with Crippen LogP contribution in [0.1, 0.15) is 18.9 Å². The molecule has 0 unspecified atom stereocenters. The molecule has 2 saturated heterocycles. The molecular formula is C26H28N4O4S. The highest BCUT2D eigenvalue weighted by Crippen LogP contribution is 2.32. The summed E-state index contributed by atoms with van der Waals surface area (Å²) in [5.74, 6) is -0.276. The summed E-state index contributed by atoms with van der Waals surface area (Å²) in [7, 11) is -3.64. The highest BCUT2D eigenvalue weighted by molar-refractivity contribution is 7.89. The largest absolute Gasteiger partial charge is 0.326 e. The summed E-state index contributed by atoms with van der Waals surface area (Å²) in [4.78, 5) is 29.6. The Morgan fingerprint density at radius 3 is 2.20 bits per heavy atom. The first-order chi connectivity index (χ1) is 16.8. The van der Waals surface area contributed by atoms with Crippen molar-refractivity contribution in [3.63, 3.8) is 0 Å². The molecule has 0 radical (unpaired) electrons. The lowest BCUT2D eigenvalue weighted by Crippen LogP contribution is -2.52. The van der Waals surface area contributed by atoms with Gasteiger partial charge in [-0.25, -0.2) is 18.1 Å². The molecule has 1 N–H and O–H groups in total. The lowest BCUT2D eigenvalue weighted by molar-refractivity contribution is -0.133. The third-order valence-corrected chi connectivity index (χ3v) is 8.90. The fourth-order valence-corrected chi connectivity index (χ4v) is 6.36. The zero-order valence-electron chi connectivity index (χ0n) is 19.6. The van der Waals surface area contributed by atoms with Crippen LogP contribution in [0.15, 0.2) is 77.7 Å². The number of hydrogen-bond donors (Lipinski definition) is 1. The number of hydrogen-bond acceptors (Lipinski definition) is 5. The molecule has 2 aliphatic rings. The SMILES string of the molecule is CC[C@@]1(c2ccccc2)NC(=O)N(CN2CCN(S(=O)(=O)c3ccc4ccccc4c3)CC2)C1=O. The van der Waals surface area contributed by atoms with Crippen molar-refractivity contribution in [2.75, 3.05) is 32.8 Å². The number of piperazine rings is 1. The van der Waals surface area contributed by atoms with E-state index in [9.17, 15) is 18.0 Å². The number of fused-ring (bicyclic) bond motifs is 1. The van der Waals surface area contributed by atoms with E-state index in [1.807, 2.05) is 72.5 Å². The molecule has 0 aromatic heterocycles. The maximum Gasteiger partial charge on any atom is 0.326 e. The van der Waals surface area contributed by atoms with Crippen LogP contribution in [0, 0.1) is 0 Å². The van der Waals surface area contributed by atoms with Gasteiger partial charge in [-0.2, -0.15) is 4.31 Å². The van der Waals surface area contributed by atoms with E-state index in [-0.39, 0.29) is 30.6 Å². The van der Waals surface area contributed by atoms with E-state index in [1.165, 1.54) is 9.21 Å². The number of sulfonamides is 1. The molecule has 9 heteroatoms. The number of imide groups is 1.